The number of carbonyl (C=O) groups excluding carboxylic acids is 2. The Labute approximate surface area is 122 Å². The lowest BCUT2D eigenvalue weighted by Gasteiger charge is -2.04. The summed E-state index contributed by atoms with van der Waals surface area (Å²) >= 11 is 0. The molecule has 0 aliphatic heterocycles. The van der Waals surface area contributed by atoms with Gasteiger partial charge in [-0.3, -0.25) is 14.4 Å². The van der Waals surface area contributed by atoms with Crippen LogP contribution in [0.4, 0.5) is 0 Å². The molecule has 0 saturated heterocycles. The summed E-state index contributed by atoms with van der Waals surface area (Å²) in [5, 5.41) is 8.67. The summed E-state index contributed by atoms with van der Waals surface area (Å²) in [6.45, 7) is 0. The molecule has 106 valence electrons. The summed E-state index contributed by atoms with van der Waals surface area (Å²) in [5.41, 5.74) is 1.36. The predicted molar refractivity (Wildman–Crippen MR) is 77.5 cm³/mol. The van der Waals surface area contributed by atoms with Gasteiger partial charge in [-0.2, -0.15) is 0 Å². The standard InChI is InChI=1S/C17H14O4/c18-15(19)10-9-12-5-4-8-14(11-12)17(21)16(20)13-6-2-1-3-7-13/h1-8,11H,9-10H2,(H,18,19). The van der Waals surface area contributed by atoms with E-state index in [1.807, 2.05) is 0 Å². The number of rotatable bonds is 6. The van der Waals surface area contributed by atoms with Crippen molar-refractivity contribution in [2.75, 3.05) is 0 Å². The molecule has 0 radical (unpaired) electrons. The van der Waals surface area contributed by atoms with Crippen LogP contribution in [0.1, 0.15) is 32.7 Å². The fraction of sp³-hybridized carbons (Fsp3) is 0.118. The molecule has 1 N–H and O–H groups in total. The maximum atomic E-state index is 12.2. The van der Waals surface area contributed by atoms with Gasteiger partial charge in [0.2, 0.25) is 11.6 Å². The lowest BCUT2D eigenvalue weighted by Crippen LogP contribution is -2.14. The summed E-state index contributed by atoms with van der Waals surface area (Å²) in [6.07, 6.45) is 0.320. The molecular weight excluding hydrogens is 268 g/mol. The smallest absolute Gasteiger partial charge is 0.303 e. The van der Waals surface area contributed by atoms with Gasteiger partial charge < -0.3 is 5.11 Å². The van der Waals surface area contributed by atoms with Gasteiger partial charge in [-0.25, -0.2) is 0 Å². The van der Waals surface area contributed by atoms with Crippen LogP contribution in [0, 0.1) is 0 Å². The number of carboxylic acids is 1. The van der Waals surface area contributed by atoms with Crippen LogP contribution in [0.3, 0.4) is 0 Å². The first-order chi connectivity index (χ1) is 10.1. The first-order valence-corrected chi connectivity index (χ1v) is 6.53. The van der Waals surface area contributed by atoms with Crippen molar-refractivity contribution in [3.63, 3.8) is 0 Å². The second-order valence-electron chi connectivity index (χ2n) is 4.62. The average Bonchev–Trinajstić information content (AvgIpc) is 2.52. The molecule has 0 aliphatic rings. The lowest BCUT2D eigenvalue weighted by molar-refractivity contribution is -0.136. The van der Waals surface area contributed by atoms with Crippen LogP contribution in [0.25, 0.3) is 0 Å². The molecule has 0 spiro atoms. The van der Waals surface area contributed by atoms with Crippen LogP contribution < -0.4 is 0 Å². The van der Waals surface area contributed by atoms with Gasteiger partial charge in [-0.15, -0.1) is 0 Å². The molecule has 0 atom stereocenters. The number of aliphatic carboxylic acids is 1. The van der Waals surface area contributed by atoms with E-state index in [1.165, 1.54) is 0 Å². The summed E-state index contributed by atoms with van der Waals surface area (Å²) in [7, 11) is 0. The second kappa shape index (κ2) is 6.61. The number of hydrogen-bond acceptors (Lipinski definition) is 3. The monoisotopic (exact) mass is 282 g/mol. The molecule has 2 aromatic carbocycles. The zero-order valence-corrected chi connectivity index (χ0v) is 11.3. The molecular formula is C17H14O4. The Hall–Kier alpha value is -2.75. The molecule has 0 aliphatic carbocycles. The summed E-state index contributed by atoms with van der Waals surface area (Å²) < 4.78 is 0. The first kappa shape index (κ1) is 14.7. The Morgan fingerprint density at radius 3 is 2.10 bits per heavy atom. The molecule has 0 amide bonds. The van der Waals surface area contributed by atoms with E-state index in [-0.39, 0.29) is 12.0 Å². The van der Waals surface area contributed by atoms with Crippen LogP contribution >= 0.6 is 0 Å². The van der Waals surface area contributed by atoms with Gasteiger partial charge in [-0.05, 0) is 18.1 Å². The number of hydrogen-bond donors (Lipinski definition) is 1. The van der Waals surface area contributed by atoms with Crippen molar-refractivity contribution < 1.29 is 19.5 Å². The molecule has 0 unspecified atom stereocenters. The van der Waals surface area contributed by atoms with Gasteiger partial charge in [-0.1, -0.05) is 48.5 Å². The predicted octanol–water partition coefficient (Wildman–Crippen LogP) is 2.77. The molecule has 0 saturated carbocycles. The van der Waals surface area contributed by atoms with E-state index in [2.05, 4.69) is 0 Å². The molecule has 21 heavy (non-hydrogen) atoms. The fourth-order valence-electron chi connectivity index (χ4n) is 1.97. The van der Waals surface area contributed by atoms with E-state index >= 15 is 0 Å². The Kier molecular flexibility index (Phi) is 4.61. The number of benzene rings is 2. The molecule has 0 aromatic heterocycles. The minimum Gasteiger partial charge on any atom is -0.481 e. The van der Waals surface area contributed by atoms with Gasteiger partial charge >= 0.3 is 5.97 Å². The average molecular weight is 282 g/mol. The Morgan fingerprint density at radius 2 is 1.43 bits per heavy atom. The molecule has 2 rings (SSSR count). The lowest BCUT2D eigenvalue weighted by atomic mass is 9.99. The van der Waals surface area contributed by atoms with Crippen molar-refractivity contribution in [2.24, 2.45) is 0 Å². The number of carbonyl (C=O) groups is 3. The maximum Gasteiger partial charge on any atom is 0.303 e. The second-order valence-corrected chi connectivity index (χ2v) is 4.62. The summed E-state index contributed by atoms with van der Waals surface area (Å²) in [5.74, 6) is -2.04. The van der Waals surface area contributed by atoms with Gasteiger partial charge in [0.25, 0.3) is 0 Å². The summed E-state index contributed by atoms with van der Waals surface area (Å²) in [4.78, 5) is 34.8. The molecule has 4 heteroatoms. The van der Waals surface area contributed by atoms with Crippen LogP contribution in [-0.4, -0.2) is 22.6 Å². The number of aryl methyl sites for hydroxylation is 1. The van der Waals surface area contributed by atoms with E-state index < -0.39 is 17.5 Å². The zero-order valence-electron chi connectivity index (χ0n) is 11.3. The van der Waals surface area contributed by atoms with Crippen LogP contribution in [0.2, 0.25) is 0 Å². The van der Waals surface area contributed by atoms with Gasteiger partial charge in [0.05, 0.1) is 0 Å². The first-order valence-electron chi connectivity index (χ1n) is 6.53. The molecule has 0 heterocycles. The van der Waals surface area contributed by atoms with Crippen LogP contribution in [-0.2, 0) is 11.2 Å². The normalized spacial score (nSPS) is 10.1. The Morgan fingerprint density at radius 1 is 0.810 bits per heavy atom. The van der Waals surface area contributed by atoms with Crippen molar-refractivity contribution in [2.45, 2.75) is 12.8 Å². The minimum absolute atomic E-state index is 0.00965. The van der Waals surface area contributed by atoms with Crippen molar-refractivity contribution in [1.29, 1.82) is 0 Å². The third-order valence-electron chi connectivity index (χ3n) is 3.06. The van der Waals surface area contributed by atoms with Gasteiger partial charge in [0, 0.05) is 17.5 Å². The van der Waals surface area contributed by atoms with E-state index in [1.54, 1.807) is 54.6 Å². The number of Topliss-reactive ketones (excluding diaryl/α,β-unsaturated/α-hetero) is 2. The topological polar surface area (TPSA) is 71.4 Å². The van der Waals surface area contributed by atoms with Gasteiger partial charge in [0.15, 0.2) is 0 Å². The number of ketones is 2. The highest BCUT2D eigenvalue weighted by Crippen LogP contribution is 2.11. The molecule has 2 aromatic rings. The summed E-state index contributed by atoms with van der Waals surface area (Å²) in [6, 6.07) is 14.9. The van der Waals surface area contributed by atoms with E-state index in [0.29, 0.717) is 12.0 Å². The van der Waals surface area contributed by atoms with Crippen molar-refractivity contribution in [1.82, 2.24) is 0 Å². The quantitative estimate of drug-likeness (QED) is 0.653. The highest BCUT2D eigenvalue weighted by molar-refractivity contribution is 6.49. The largest absolute Gasteiger partial charge is 0.481 e. The van der Waals surface area contributed by atoms with E-state index in [9.17, 15) is 14.4 Å². The third kappa shape index (κ3) is 3.86. The Balaban J connectivity index is 2.18. The Bertz CT molecular complexity index is 674. The fourth-order valence-corrected chi connectivity index (χ4v) is 1.97. The van der Waals surface area contributed by atoms with Gasteiger partial charge in [0.1, 0.15) is 0 Å². The van der Waals surface area contributed by atoms with Crippen molar-refractivity contribution >= 4 is 17.5 Å². The highest BCUT2D eigenvalue weighted by Gasteiger charge is 2.18. The minimum atomic E-state index is -0.896. The third-order valence-corrected chi connectivity index (χ3v) is 3.06. The van der Waals surface area contributed by atoms with Crippen molar-refractivity contribution in [3.8, 4) is 0 Å². The van der Waals surface area contributed by atoms with E-state index in [4.69, 9.17) is 5.11 Å². The van der Waals surface area contributed by atoms with Crippen LogP contribution in [0.15, 0.2) is 54.6 Å². The van der Waals surface area contributed by atoms with Crippen LogP contribution in [0.5, 0.6) is 0 Å². The zero-order chi connectivity index (χ0) is 15.2. The van der Waals surface area contributed by atoms with E-state index in [0.717, 1.165) is 5.56 Å². The number of carboxylic acid groups (broad SMARTS) is 1. The molecule has 0 bridgehead atoms. The molecule has 4 nitrogen and oxygen atoms in total. The maximum absolute atomic E-state index is 12.2. The molecule has 0 fully saturated rings. The van der Waals surface area contributed by atoms with Crippen molar-refractivity contribution in [3.05, 3.63) is 71.3 Å². The highest BCUT2D eigenvalue weighted by atomic mass is 16.4. The SMILES string of the molecule is O=C(O)CCc1cccc(C(=O)C(=O)c2ccccc2)c1.